The SMILES string of the molecule is O=C(CNS(=O)(=O)c1ccccc1)N1CCCC1[B]O. The molecule has 1 unspecified atom stereocenters. The maximum atomic E-state index is 12.0. The summed E-state index contributed by atoms with van der Waals surface area (Å²) in [6.07, 6.45) is 1.51. The average molecular weight is 295 g/mol. The Morgan fingerprint density at radius 3 is 2.75 bits per heavy atom. The van der Waals surface area contributed by atoms with Gasteiger partial charge in [0.15, 0.2) is 0 Å². The molecule has 20 heavy (non-hydrogen) atoms. The predicted molar refractivity (Wildman–Crippen MR) is 74.3 cm³/mol. The van der Waals surface area contributed by atoms with Gasteiger partial charge in [0.2, 0.25) is 15.9 Å². The second kappa shape index (κ2) is 6.38. The summed E-state index contributed by atoms with van der Waals surface area (Å²) in [5.41, 5.74) is 0. The average Bonchev–Trinajstić information content (AvgIpc) is 2.94. The summed E-state index contributed by atoms with van der Waals surface area (Å²) in [6.45, 7) is 0.231. The van der Waals surface area contributed by atoms with Gasteiger partial charge in [0.1, 0.15) is 0 Å². The fourth-order valence-corrected chi connectivity index (χ4v) is 3.19. The van der Waals surface area contributed by atoms with Crippen LogP contribution in [0, 0.1) is 0 Å². The molecule has 0 aromatic heterocycles. The van der Waals surface area contributed by atoms with Gasteiger partial charge in [-0.3, -0.25) is 4.79 Å². The molecule has 1 amide bonds. The highest BCUT2D eigenvalue weighted by Gasteiger charge is 2.29. The van der Waals surface area contributed by atoms with Gasteiger partial charge in [0.05, 0.1) is 11.4 Å². The van der Waals surface area contributed by atoms with Crippen molar-refractivity contribution in [1.82, 2.24) is 9.62 Å². The molecule has 8 heteroatoms. The van der Waals surface area contributed by atoms with E-state index in [0.29, 0.717) is 13.0 Å². The van der Waals surface area contributed by atoms with Crippen LogP contribution in [-0.2, 0) is 14.8 Å². The Kier molecular flexibility index (Phi) is 4.79. The Labute approximate surface area is 119 Å². The van der Waals surface area contributed by atoms with Gasteiger partial charge in [-0.1, -0.05) is 18.2 Å². The zero-order valence-corrected chi connectivity index (χ0v) is 11.7. The van der Waals surface area contributed by atoms with Crippen molar-refractivity contribution in [3.05, 3.63) is 30.3 Å². The number of benzene rings is 1. The highest BCUT2D eigenvalue weighted by atomic mass is 32.2. The van der Waals surface area contributed by atoms with E-state index in [1.165, 1.54) is 17.0 Å². The first-order chi connectivity index (χ1) is 9.54. The standard InChI is InChI=1S/C12H16BN2O4S/c16-12(15-8-4-7-11(15)13-17)9-14-20(18,19)10-5-2-1-3-6-10/h1-3,5-6,11,14,17H,4,7-9H2. The number of nitrogens with one attached hydrogen (secondary N) is 1. The Morgan fingerprint density at radius 1 is 1.40 bits per heavy atom. The molecule has 1 aromatic carbocycles. The Hall–Kier alpha value is -1.38. The van der Waals surface area contributed by atoms with Crippen molar-refractivity contribution in [3.8, 4) is 0 Å². The van der Waals surface area contributed by atoms with Crippen molar-refractivity contribution >= 4 is 23.4 Å². The summed E-state index contributed by atoms with van der Waals surface area (Å²) in [4.78, 5) is 13.6. The van der Waals surface area contributed by atoms with Gasteiger partial charge in [0.25, 0.3) is 0 Å². The first-order valence-electron chi connectivity index (χ1n) is 6.36. The molecule has 1 saturated heterocycles. The lowest BCUT2D eigenvalue weighted by molar-refractivity contribution is -0.129. The van der Waals surface area contributed by atoms with E-state index in [4.69, 9.17) is 5.02 Å². The number of carbonyl (C=O) groups is 1. The Balaban J connectivity index is 1.97. The van der Waals surface area contributed by atoms with E-state index >= 15 is 0 Å². The first kappa shape index (κ1) is 15.0. The number of amides is 1. The molecule has 2 N–H and O–H groups in total. The Morgan fingerprint density at radius 2 is 2.10 bits per heavy atom. The fourth-order valence-electron chi connectivity index (χ4n) is 2.20. The van der Waals surface area contributed by atoms with Gasteiger partial charge >= 0.3 is 7.48 Å². The molecule has 1 aliphatic heterocycles. The maximum Gasteiger partial charge on any atom is 0.312 e. The summed E-state index contributed by atoms with van der Waals surface area (Å²) < 4.78 is 26.2. The van der Waals surface area contributed by atoms with Crippen molar-refractivity contribution in [1.29, 1.82) is 0 Å². The predicted octanol–water partition coefficient (Wildman–Crippen LogP) is -0.475. The molecule has 0 saturated carbocycles. The summed E-state index contributed by atoms with van der Waals surface area (Å²) in [7, 11) is -2.70. The summed E-state index contributed by atoms with van der Waals surface area (Å²) in [5.74, 6) is -0.652. The van der Waals surface area contributed by atoms with Crippen molar-refractivity contribution in [3.63, 3.8) is 0 Å². The van der Waals surface area contributed by atoms with Gasteiger partial charge in [-0.25, -0.2) is 13.1 Å². The van der Waals surface area contributed by atoms with Crippen LogP contribution in [0.4, 0.5) is 0 Å². The quantitative estimate of drug-likeness (QED) is 0.719. The van der Waals surface area contributed by atoms with Crippen LogP contribution in [0.2, 0.25) is 0 Å². The molecular formula is C12H16BN2O4S. The molecule has 1 aromatic rings. The lowest BCUT2D eigenvalue weighted by Crippen LogP contribution is -2.44. The van der Waals surface area contributed by atoms with E-state index in [0.717, 1.165) is 13.9 Å². The van der Waals surface area contributed by atoms with Crippen molar-refractivity contribution in [2.45, 2.75) is 23.7 Å². The lowest BCUT2D eigenvalue weighted by atomic mass is 9.86. The molecule has 0 aliphatic carbocycles. The molecule has 6 nitrogen and oxygen atoms in total. The van der Waals surface area contributed by atoms with Crippen LogP contribution in [0.3, 0.4) is 0 Å². The number of hydrogen-bond acceptors (Lipinski definition) is 4. The summed E-state index contributed by atoms with van der Waals surface area (Å²) >= 11 is 0. The van der Waals surface area contributed by atoms with Crippen molar-refractivity contribution in [2.75, 3.05) is 13.1 Å². The van der Waals surface area contributed by atoms with Crippen molar-refractivity contribution in [2.24, 2.45) is 0 Å². The fraction of sp³-hybridized carbons (Fsp3) is 0.417. The minimum absolute atomic E-state index is 0.125. The van der Waals surface area contributed by atoms with E-state index in [1.807, 2.05) is 0 Å². The van der Waals surface area contributed by atoms with Crippen molar-refractivity contribution < 1.29 is 18.2 Å². The number of likely N-dealkylation sites (tertiary alicyclic amines) is 1. The lowest BCUT2D eigenvalue weighted by Gasteiger charge is -2.22. The molecule has 1 heterocycles. The van der Waals surface area contributed by atoms with Crippen LogP contribution in [0.25, 0.3) is 0 Å². The molecule has 1 fully saturated rings. The molecule has 107 valence electrons. The highest BCUT2D eigenvalue weighted by Crippen LogP contribution is 2.15. The van der Waals surface area contributed by atoms with Crippen LogP contribution in [0.1, 0.15) is 12.8 Å². The number of sulfonamides is 1. The molecule has 2 rings (SSSR count). The number of rotatable bonds is 5. The smallest absolute Gasteiger partial charge is 0.312 e. The zero-order valence-electron chi connectivity index (χ0n) is 10.9. The maximum absolute atomic E-state index is 12.0. The van der Waals surface area contributed by atoms with Gasteiger partial charge in [0, 0.05) is 12.5 Å². The molecular weight excluding hydrogens is 279 g/mol. The molecule has 0 bridgehead atoms. The second-order valence-electron chi connectivity index (χ2n) is 4.58. The van der Waals surface area contributed by atoms with Gasteiger partial charge in [-0.05, 0) is 25.0 Å². The van der Waals surface area contributed by atoms with Crippen LogP contribution in [0.5, 0.6) is 0 Å². The highest BCUT2D eigenvalue weighted by molar-refractivity contribution is 7.89. The largest absolute Gasteiger partial charge is 0.452 e. The Bertz CT molecular complexity index is 564. The topological polar surface area (TPSA) is 86.7 Å². The minimum Gasteiger partial charge on any atom is -0.452 e. The molecule has 1 atom stereocenters. The van der Waals surface area contributed by atoms with Crippen LogP contribution >= 0.6 is 0 Å². The van der Waals surface area contributed by atoms with Crippen LogP contribution in [-0.4, -0.2) is 50.8 Å². The number of carbonyl (C=O) groups excluding carboxylic acids is 1. The van der Waals surface area contributed by atoms with E-state index in [-0.39, 0.29) is 23.3 Å². The molecule has 1 aliphatic rings. The minimum atomic E-state index is -3.68. The summed E-state index contributed by atoms with van der Waals surface area (Å²) in [5, 5.41) is 9.03. The van der Waals surface area contributed by atoms with Crippen LogP contribution < -0.4 is 4.72 Å². The van der Waals surface area contributed by atoms with Gasteiger partial charge in [-0.15, -0.1) is 0 Å². The zero-order chi connectivity index (χ0) is 14.6. The summed E-state index contributed by atoms with van der Waals surface area (Å²) in [6, 6.07) is 7.89. The van der Waals surface area contributed by atoms with E-state index < -0.39 is 10.0 Å². The van der Waals surface area contributed by atoms with E-state index in [1.54, 1.807) is 18.2 Å². The van der Waals surface area contributed by atoms with Gasteiger partial charge < -0.3 is 9.92 Å². The third kappa shape index (κ3) is 3.39. The third-order valence-electron chi connectivity index (χ3n) is 3.26. The normalized spacial score (nSPS) is 19.1. The number of nitrogens with zero attached hydrogens (tertiary/aromatic N) is 1. The first-order valence-corrected chi connectivity index (χ1v) is 7.84. The third-order valence-corrected chi connectivity index (χ3v) is 4.68. The molecule has 1 radical (unpaired) electrons. The number of hydrogen-bond donors (Lipinski definition) is 2. The van der Waals surface area contributed by atoms with E-state index in [2.05, 4.69) is 4.72 Å². The monoisotopic (exact) mass is 295 g/mol. The molecule has 0 spiro atoms. The second-order valence-corrected chi connectivity index (χ2v) is 6.35. The van der Waals surface area contributed by atoms with Crippen LogP contribution in [0.15, 0.2) is 35.2 Å². The van der Waals surface area contributed by atoms with E-state index in [9.17, 15) is 13.2 Å². The van der Waals surface area contributed by atoms with Gasteiger partial charge in [-0.2, -0.15) is 0 Å².